The van der Waals surface area contributed by atoms with E-state index in [-0.39, 0.29) is 17.0 Å². The van der Waals surface area contributed by atoms with Crippen LogP contribution in [0.5, 0.6) is 0 Å². The van der Waals surface area contributed by atoms with Gasteiger partial charge in [0.15, 0.2) is 0 Å². The lowest BCUT2D eigenvalue weighted by Gasteiger charge is -2.22. The number of halogens is 3. The third kappa shape index (κ3) is 2.90. The molecule has 0 aromatic heterocycles. The standard InChI is InChI=1S/C19H19F3/c1-12-7-8-14(9-16(12)20)19-17(21)10-15(11-18(19)22)13-5-3-2-4-6-13/h7-11,13H,2-6H2,1H3. The first kappa shape index (κ1) is 15.1. The lowest BCUT2D eigenvalue weighted by molar-refractivity contribution is 0.440. The van der Waals surface area contributed by atoms with E-state index in [9.17, 15) is 13.2 Å². The van der Waals surface area contributed by atoms with Gasteiger partial charge in [-0.15, -0.1) is 0 Å². The second-order valence-electron chi connectivity index (χ2n) is 6.16. The molecule has 0 saturated heterocycles. The van der Waals surface area contributed by atoms with E-state index >= 15 is 0 Å². The highest BCUT2D eigenvalue weighted by atomic mass is 19.1. The molecule has 1 fully saturated rings. The van der Waals surface area contributed by atoms with Crippen molar-refractivity contribution in [2.24, 2.45) is 0 Å². The van der Waals surface area contributed by atoms with E-state index in [1.54, 1.807) is 19.1 Å². The van der Waals surface area contributed by atoms with Crippen LogP contribution in [0.25, 0.3) is 11.1 Å². The normalized spacial score (nSPS) is 16.0. The van der Waals surface area contributed by atoms with Gasteiger partial charge < -0.3 is 0 Å². The third-order valence-electron chi connectivity index (χ3n) is 4.60. The fourth-order valence-corrected chi connectivity index (χ4v) is 3.29. The van der Waals surface area contributed by atoms with E-state index in [1.807, 2.05) is 0 Å². The summed E-state index contributed by atoms with van der Waals surface area (Å²) in [5, 5.41) is 0. The molecule has 0 amide bonds. The van der Waals surface area contributed by atoms with E-state index < -0.39 is 17.5 Å². The van der Waals surface area contributed by atoms with Crippen LogP contribution in [-0.4, -0.2) is 0 Å². The van der Waals surface area contributed by atoms with Gasteiger partial charge in [-0.2, -0.15) is 0 Å². The summed E-state index contributed by atoms with van der Waals surface area (Å²) < 4.78 is 42.5. The van der Waals surface area contributed by atoms with Gasteiger partial charge in [-0.25, -0.2) is 13.2 Å². The van der Waals surface area contributed by atoms with Crippen molar-refractivity contribution < 1.29 is 13.2 Å². The van der Waals surface area contributed by atoms with Crippen LogP contribution in [0.3, 0.4) is 0 Å². The second-order valence-corrected chi connectivity index (χ2v) is 6.16. The Morgan fingerprint density at radius 3 is 2.05 bits per heavy atom. The van der Waals surface area contributed by atoms with E-state index in [1.165, 1.54) is 24.6 Å². The first-order valence-electron chi connectivity index (χ1n) is 7.81. The lowest BCUT2D eigenvalue weighted by Crippen LogP contribution is -2.06. The largest absolute Gasteiger partial charge is 0.207 e. The second kappa shape index (κ2) is 6.15. The van der Waals surface area contributed by atoms with Crippen LogP contribution >= 0.6 is 0 Å². The predicted octanol–water partition coefficient (Wildman–Crippen LogP) is 6.13. The van der Waals surface area contributed by atoms with Crippen molar-refractivity contribution in [1.29, 1.82) is 0 Å². The highest BCUT2D eigenvalue weighted by Crippen LogP contribution is 2.36. The average molecular weight is 304 g/mol. The summed E-state index contributed by atoms with van der Waals surface area (Å²) in [6.45, 7) is 1.62. The molecule has 3 rings (SSSR count). The first-order valence-corrected chi connectivity index (χ1v) is 7.81. The Morgan fingerprint density at radius 1 is 0.818 bits per heavy atom. The first-order chi connectivity index (χ1) is 10.6. The summed E-state index contributed by atoms with van der Waals surface area (Å²) in [6, 6.07) is 7.13. The summed E-state index contributed by atoms with van der Waals surface area (Å²) in [4.78, 5) is 0. The monoisotopic (exact) mass is 304 g/mol. The van der Waals surface area contributed by atoms with Crippen molar-refractivity contribution in [2.45, 2.75) is 44.9 Å². The molecule has 0 nitrogen and oxygen atoms in total. The summed E-state index contributed by atoms with van der Waals surface area (Å²) in [7, 11) is 0. The van der Waals surface area contributed by atoms with Crippen LogP contribution in [0.15, 0.2) is 30.3 Å². The summed E-state index contributed by atoms with van der Waals surface area (Å²) in [6.07, 6.45) is 5.38. The van der Waals surface area contributed by atoms with Crippen LogP contribution < -0.4 is 0 Å². The number of hydrogen-bond acceptors (Lipinski definition) is 0. The Morgan fingerprint density at radius 2 is 1.45 bits per heavy atom. The van der Waals surface area contributed by atoms with Gasteiger partial charge in [0.1, 0.15) is 17.5 Å². The number of hydrogen-bond donors (Lipinski definition) is 0. The Labute approximate surface area is 129 Å². The Kier molecular flexibility index (Phi) is 4.23. The van der Waals surface area contributed by atoms with E-state index in [2.05, 4.69) is 0 Å². The van der Waals surface area contributed by atoms with Gasteiger partial charge in [0, 0.05) is 0 Å². The molecule has 116 valence electrons. The van der Waals surface area contributed by atoms with Crippen molar-refractivity contribution >= 4 is 0 Å². The molecule has 0 radical (unpaired) electrons. The minimum absolute atomic E-state index is 0.140. The van der Waals surface area contributed by atoms with Crippen molar-refractivity contribution in [2.75, 3.05) is 0 Å². The molecule has 22 heavy (non-hydrogen) atoms. The van der Waals surface area contributed by atoms with E-state index in [0.29, 0.717) is 5.56 Å². The van der Waals surface area contributed by atoms with Gasteiger partial charge in [-0.05, 0) is 60.6 Å². The molecule has 1 saturated carbocycles. The number of aryl methyl sites for hydroxylation is 1. The molecule has 0 unspecified atom stereocenters. The maximum absolute atomic E-state index is 14.4. The highest BCUT2D eigenvalue weighted by Gasteiger charge is 2.20. The molecule has 2 aromatic carbocycles. The zero-order valence-electron chi connectivity index (χ0n) is 12.6. The highest BCUT2D eigenvalue weighted by molar-refractivity contribution is 5.66. The summed E-state index contributed by atoms with van der Waals surface area (Å²) >= 11 is 0. The zero-order valence-corrected chi connectivity index (χ0v) is 12.6. The minimum atomic E-state index is -0.608. The van der Waals surface area contributed by atoms with Crippen molar-refractivity contribution in [1.82, 2.24) is 0 Å². The molecule has 0 N–H and O–H groups in total. The van der Waals surface area contributed by atoms with Gasteiger partial charge >= 0.3 is 0 Å². The van der Waals surface area contributed by atoms with Crippen molar-refractivity contribution in [3.63, 3.8) is 0 Å². The molecular formula is C19H19F3. The third-order valence-corrected chi connectivity index (χ3v) is 4.60. The smallest absolute Gasteiger partial charge is 0.134 e. The van der Waals surface area contributed by atoms with E-state index in [4.69, 9.17) is 0 Å². The quantitative estimate of drug-likeness (QED) is 0.626. The minimum Gasteiger partial charge on any atom is -0.207 e. The van der Waals surface area contributed by atoms with Gasteiger partial charge in [0.25, 0.3) is 0 Å². The molecule has 3 heteroatoms. The SMILES string of the molecule is Cc1ccc(-c2c(F)cc(C3CCCCC3)cc2F)cc1F. The maximum Gasteiger partial charge on any atom is 0.134 e. The fraction of sp³-hybridized carbons (Fsp3) is 0.368. The molecule has 1 aliphatic carbocycles. The molecule has 0 heterocycles. The van der Waals surface area contributed by atoms with Crippen molar-refractivity contribution in [3.05, 3.63) is 58.9 Å². The number of rotatable bonds is 2. The molecule has 0 bridgehead atoms. The van der Waals surface area contributed by atoms with Gasteiger partial charge in [-0.3, -0.25) is 0 Å². The topological polar surface area (TPSA) is 0 Å². The van der Waals surface area contributed by atoms with Crippen LogP contribution in [0.2, 0.25) is 0 Å². The fourth-order valence-electron chi connectivity index (χ4n) is 3.29. The Balaban J connectivity index is 2.00. The molecular weight excluding hydrogens is 285 g/mol. The molecule has 1 aliphatic rings. The van der Waals surface area contributed by atoms with E-state index in [0.717, 1.165) is 31.2 Å². The van der Waals surface area contributed by atoms with Gasteiger partial charge in [-0.1, -0.05) is 31.4 Å². The number of benzene rings is 2. The Bertz CT molecular complexity index is 662. The van der Waals surface area contributed by atoms with Crippen LogP contribution in [-0.2, 0) is 0 Å². The zero-order chi connectivity index (χ0) is 15.7. The lowest BCUT2D eigenvalue weighted by atomic mass is 9.83. The maximum atomic E-state index is 14.4. The molecule has 0 spiro atoms. The van der Waals surface area contributed by atoms with Crippen LogP contribution in [0.1, 0.15) is 49.1 Å². The molecule has 0 atom stereocenters. The van der Waals surface area contributed by atoms with Crippen LogP contribution in [0, 0.1) is 24.4 Å². The average Bonchev–Trinajstić information content (AvgIpc) is 2.51. The summed E-state index contributed by atoms with van der Waals surface area (Å²) in [5.41, 5.74) is 1.29. The van der Waals surface area contributed by atoms with Gasteiger partial charge in [0.2, 0.25) is 0 Å². The van der Waals surface area contributed by atoms with Gasteiger partial charge in [0.05, 0.1) is 5.56 Å². The predicted molar refractivity (Wildman–Crippen MR) is 82.3 cm³/mol. The Hall–Kier alpha value is -1.77. The summed E-state index contributed by atoms with van der Waals surface area (Å²) in [5.74, 6) is -1.43. The van der Waals surface area contributed by atoms with Crippen LogP contribution in [0.4, 0.5) is 13.2 Å². The molecule has 2 aromatic rings. The van der Waals surface area contributed by atoms with Crippen molar-refractivity contribution in [3.8, 4) is 11.1 Å². The molecule has 0 aliphatic heterocycles.